The van der Waals surface area contributed by atoms with E-state index in [9.17, 15) is 0 Å². The van der Waals surface area contributed by atoms with Gasteiger partial charge in [-0.3, -0.25) is 0 Å². The van der Waals surface area contributed by atoms with Gasteiger partial charge in [0.05, 0.1) is 10.7 Å². The van der Waals surface area contributed by atoms with E-state index >= 15 is 0 Å². The van der Waals surface area contributed by atoms with E-state index in [0.717, 1.165) is 17.2 Å². The number of hydrogen-bond donors (Lipinski definition) is 2. The molecule has 0 spiro atoms. The Morgan fingerprint density at radius 2 is 2.15 bits per heavy atom. The highest BCUT2D eigenvalue weighted by Gasteiger charge is 2.12. The molecule has 2 heterocycles. The summed E-state index contributed by atoms with van der Waals surface area (Å²) >= 11 is 1.78. The minimum Gasteiger partial charge on any atom is -0.361 e. The number of nitrogens with zero attached hydrogens (tertiary/aromatic N) is 1. The molecule has 0 amide bonds. The topological polar surface area (TPSA) is 40.7 Å². The molecule has 0 saturated heterocycles. The predicted octanol–water partition coefficient (Wildman–Crippen LogP) is 4.09. The summed E-state index contributed by atoms with van der Waals surface area (Å²) in [5, 5.41) is 5.99. The normalized spacial score (nSPS) is 12.9. The van der Waals surface area contributed by atoms with Crippen molar-refractivity contribution < 1.29 is 0 Å². The molecule has 0 aliphatic heterocycles. The first kappa shape index (κ1) is 13.3. The van der Waals surface area contributed by atoms with Crippen molar-refractivity contribution in [3.05, 3.63) is 51.6 Å². The van der Waals surface area contributed by atoms with E-state index in [4.69, 9.17) is 0 Å². The van der Waals surface area contributed by atoms with Crippen molar-refractivity contribution >= 4 is 22.2 Å². The number of rotatable bonds is 4. The molecule has 20 heavy (non-hydrogen) atoms. The maximum absolute atomic E-state index is 4.50. The maximum atomic E-state index is 4.50. The van der Waals surface area contributed by atoms with Gasteiger partial charge in [0, 0.05) is 29.2 Å². The van der Waals surface area contributed by atoms with Crippen LogP contribution in [0.15, 0.2) is 30.5 Å². The zero-order valence-corrected chi connectivity index (χ0v) is 12.8. The highest BCUT2D eigenvalue weighted by atomic mass is 32.1. The van der Waals surface area contributed by atoms with E-state index < -0.39 is 0 Å². The fourth-order valence-corrected chi connectivity index (χ4v) is 3.48. The molecule has 0 aliphatic rings. The van der Waals surface area contributed by atoms with E-state index in [2.05, 4.69) is 60.3 Å². The monoisotopic (exact) mass is 285 g/mol. The summed E-state index contributed by atoms with van der Waals surface area (Å²) in [5.74, 6) is 0. The summed E-state index contributed by atoms with van der Waals surface area (Å²) in [6.07, 6.45) is 1.98. The first-order chi connectivity index (χ1) is 9.63. The van der Waals surface area contributed by atoms with Gasteiger partial charge in [-0.2, -0.15) is 0 Å². The number of aryl methyl sites for hydroxylation is 2. The van der Waals surface area contributed by atoms with E-state index in [1.54, 1.807) is 11.3 Å². The lowest BCUT2D eigenvalue weighted by Crippen LogP contribution is -2.17. The molecule has 0 radical (unpaired) electrons. The standard InChI is InChI=1S/C16H19N3S/c1-10(16-11(2)19-12(3)20-16)18-9-13-4-5-15-14(8-13)6-7-17-15/h4-8,10,17-18H,9H2,1-3H3. The zero-order chi connectivity index (χ0) is 14.1. The second-order valence-corrected chi connectivity index (χ2v) is 6.42. The molecule has 3 nitrogen and oxygen atoms in total. The molecule has 1 atom stereocenters. The van der Waals surface area contributed by atoms with Gasteiger partial charge >= 0.3 is 0 Å². The van der Waals surface area contributed by atoms with Crippen molar-refractivity contribution in [1.82, 2.24) is 15.3 Å². The van der Waals surface area contributed by atoms with Gasteiger partial charge in [0.1, 0.15) is 0 Å². The number of thiazole rings is 1. The Morgan fingerprint density at radius 1 is 1.30 bits per heavy atom. The molecule has 2 N–H and O–H groups in total. The van der Waals surface area contributed by atoms with Gasteiger partial charge < -0.3 is 10.3 Å². The van der Waals surface area contributed by atoms with Crippen molar-refractivity contribution in [1.29, 1.82) is 0 Å². The van der Waals surface area contributed by atoms with Gasteiger partial charge in [-0.25, -0.2) is 4.98 Å². The lowest BCUT2D eigenvalue weighted by Gasteiger charge is -2.13. The number of nitrogens with one attached hydrogen (secondary N) is 2. The summed E-state index contributed by atoms with van der Waals surface area (Å²) in [6, 6.07) is 8.99. The van der Waals surface area contributed by atoms with Crippen LogP contribution in [0.2, 0.25) is 0 Å². The van der Waals surface area contributed by atoms with Crippen LogP contribution < -0.4 is 5.32 Å². The minimum atomic E-state index is 0.336. The Kier molecular flexibility index (Phi) is 3.59. The summed E-state index contributed by atoms with van der Waals surface area (Å²) in [5.41, 5.74) is 3.65. The van der Waals surface area contributed by atoms with Crippen LogP contribution in [0.3, 0.4) is 0 Å². The fraction of sp³-hybridized carbons (Fsp3) is 0.312. The smallest absolute Gasteiger partial charge is 0.0900 e. The van der Waals surface area contributed by atoms with Crippen molar-refractivity contribution in [3.8, 4) is 0 Å². The molecule has 0 saturated carbocycles. The number of H-pyrrole nitrogens is 1. The molecule has 104 valence electrons. The largest absolute Gasteiger partial charge is 0.361 e. The number of hydrogen-bond acceptors (Lipinski definition) is 3. The Balaban J connectivity index is 1.70. The van der Waals surface area contributed by atoms with Crippen LogP contribution in [0.4, 0.5) is 0 Å². The van der Waals surface area contributed by atoms with Gasteiger partial charge in [0.2, 0.25) is 0 Å². The summed E-state index contributed by atoms with van der Waals surface area (Å²) < 4.78 is 0. The van der Waals surface area contributed by atoms with E-state index in [1.165, 1.54) is 21.3 Å². The molecule has 4 heteroatoms. The quantitative estimate of drug-likeness (QED) is 0.758. The lowest BCUT2D eigenvalue weighted by molar-refractivity contribution is 0.580. The third kappa shape index (κ3) is 2.62. The summed E-state index contributed by atoms with van der Waals surface area (Å²) in [6.45, 7) is 7.23. The minimum absolute atomic E-state index is 0.336. The number of benzene rings is 1. The number of fused-ring (bicyclic) bond motifs is 1. The van der Waals surface area contributed by atoms with Gasteiger partial charge in [0.15, 0.2) is 0 Å². The Bertz CT molecular complexity index is 726. The lowest BCUT2D eigenvalue weighted by atomic mass is 10.1. The van der Waals surface area contributed by atoms with Crippen LogP contribution in [0.5, 0.6) is 0 Å². The maximum Gasteiger partial charge on any atom is 0.0900 e. The van der Waals surface area contributed by atoms with Crippen LogP contribution in [0.25, 0.3) is 10.9 Å². The first-order valence-corrected chi connectivity index (χ1v) is 7.68. The van der Waals surface area contributed by atoms with E-state index in [-0.39, 0.29) is 0 Å². The van der Waals surface area contributed by atoms with Crippen LogP contribution in [0, 0.1) is 13.8 Å². The molecule has 0 aliphatic carbocycles. The Morgan fingerprint density at radius 3 is 2.90 bits per heavy atom. The first-order valence-electron chi connectivity index (χ1n) is 6.87. The third-order valence-electron chi connectivity index (χ3n) is 3.56. The molecule has 0 bridgehead atoms. The molecule has 3 aromatic rings. The van der Waals surface area contributed by atoms with Crippen LogP contribution in [-0.2, 0) is 6.54 Å². The van der Waals surface area contributed by atoms with E-state index in [1.807, 2.05) is 6.20 Å². The highest BCUT2D eigenvalue weighted by Crippen LogP contribution is 2.24. The predicted molar refractivity (Wildman–Crippen MR) is 85.1 cm³/mol. The summed E-state index contributed by atoms with van der Waals surface area (Å²) in [4.78, 5) is 9.05. The van der Waals surface area contributed by atoms with Gasteiger partial charge in [0.25, 0.3) is 0 Å². The highest BCUT2D eigenvalue weighted by molar-refractivity contribution is 7.11. The Labute approximate surface area is 123 Å². The second-order valence-electron chi connectivity index (χ2n) is 5.18. The molecule has 0 fully saturated rings. The molecule has 2 aromatic heterocycles. The molecule has 1 aromatic carbocycles. The van der Waals surface area contributed by atoms with Crippen molar-refractivity contribution in [2.24, 2.45) is 0 Å². The Hall–Kier alpha value is -1.65. The molecular weight excluding hydrogens is 266 g/mol. The van der Waals surface area contributed by atoms with E-state index in [0.29, 0.717) is 6.04 Å². The van der Waals surface area contributed by atoms with Gasteiger partial charge in [-0.05, 0) is 49.9 Å². The van der Waals surface area contributed by atoms with Gasteiger partial charge in [-0.1, -0.05) is 6.07 Å². The van der Waals surface area contributed by atoms with Gasteiger partial charge in [-0.15, -0.1) is 11.3 Å². The second kappa shape index (κ2) is 5.38. The average Bonchev–Trinajstić information content (AvgIpc) is 3.01. The molecule has 3 rings (SSSR count). The summed E-state index contributed by atoms with van der Waals surface area (Å²) in [7, 11) is 0. The van der Waals surface area contributed by atoms with Crippen molar-refractivity contribution in [2.45, 2.75) is 33.4 Å². The average molecular weight is 285 g/mol. The molecule has 1 unspecified atom stereocenters. The zero-order valence-electron chi connectivity index (χ0n) is 12.0. The fourth-order valence-electron chi connectivity index (χ4n) is 2.53. The molecular formula is C16H19N3S. The van der Waals surface area contributed by atoms with Crippen LogP contribution in [-0.4, -0.2) is 9.97 Å². The third-order valence-corrected chi connectivity index (χ3v) is 4.82. The van der Waals surface area contributed by atoms with Crippen molar-refractivity contribution in [2.75, 3.05) is 0 Å². The number of aromatic amines is 1. The van der Waals surface area contributed by atoms with Crippen LogP contribution in [0.1, 0.15) is 34.1 Å². The van der Waals surface area contributed by atoms with Crippen molar-refractivity contribution in [3.63, 3.8) is 0 Å². The van der Waals surface area contributed by atoms with Crippen LogP contribution >= 0.6 is 11.3 Å². The number of aromatic nitrogens is 2. The SMILES string of the molecule is Cc1nc(C)c(C(C)NCc2ccc3[nH]ccc3c2)s1.